The fourth-order valence-electron chi connectivity index (χ4n) is 3.34. The lowest BCUT2D eigenvalue weighted by molar-refractivity contribution is 0.0600. The van der Waals surface area contributed by atoms with Gasteiger partial charge in [-0.05, 0) is 52.9 Å². The first-order chi connectivity index (χ1) is 9.20. The minimum absolute atomic E-state index is 0.261. The molecule has 0 amide bonds. The molecule has 0 atom stereocenters. The third-order valence-electron chi connectivity index (χ3n) is 4.24. The number of ether oxygens (including phenoxy) is 1. The van der Waals surface area contributed by atoms with Crippen molar-refractivity contribution in [1.82, 2.24) is 0 Å². The predicted octanol–water partition coefficient (Wildman–Crippen LogP) is 3.54. The highest BCUT2D eigenvalue weighted by Gasteiger charge is 2.30. The lowest BCUT2D eigenvalue weighted by Gasteiger charge is -2.27. The van der Waals surface area contributed by atoms with Crippen molar-refractivity contribution in [2.75, 3.05) is 18.6 Å². The fraction of sp³-hybridized carbons (Fsp3) is 0.533. The summed E-state index contributed by atoms with van der Waals surface area (Å²) in [5.74, 6) is -0.261. The van der Waals surface area contributed by atoms with Gasteiger partial charge in [0.25, 0.3) is 0 Å². The SMILES string of the molecule is COC(=O)c1cc(Br)c2c(c1)CCN2C1CCCC1. The standard InChI is InChI=1S/C15H18BrNO2/c1-19-15(18)11-8-10-6-7-17(12-4-2-3-5-12)14(10)13(16)9-11/h8-9,12H,2-7H2,1H3. The van der Waals surface area contributed by atoms with Crippen molar-refractivity contribution in [3.8, 4) is 0 Å². The zero-order valence-electron chi connectivity index (χ0n) is 11.1. The van der Waals surface area contributed by atoms with Crippen LogP contribution in [0.1, 0.15) is 41.6 Å². The number of fused-ring (bicyclic) bond motifs is 1. The highest BCUT2D eigenvalue weighted by molar-refractivity contribution is 9.10. The average molecular weight is 324 g/mol. The van der Waals surface area contributed by atoms with E-state index >= 15 is 0 Å². The predicted molar refractivity (Wildman–Crippen MR) is 78.8 cm³/mol. The van der Waals surface area contributed by atoms with E-state index in [1.165, 1.54) is 44.0 Å². The summed E-state index contributed by atoms with van der Waals surface area (Å²) in [7, 11) is 1.42. The third kappa shape index (κ3) is 2.27. The molecule has 0 N–H and O–H groups in total. The fourth-order valence-corrected chi connectivity index (χ4v) is 4.07. The number of nitrogens with zero attached hydrogens (tertiary/aromatic N) is 1. The van der Waals surface area contributed by atoms with Gasteiger partial charge in [-0.1, -0.05) is 12.8 Å². The molecular formula is C15H18BrNO2. The minimum Gasteiger partial charge on any atom is -0.465 e. The summed E-state index contributed by atoms with van der Waals surface area (Å²) in [5, 5.41) is 0. The molecule has 3 rings (SSSR count). The Morgan fingerprint density at radius 3 is 2.79 bits per heavy atom. The third-order valence-corrected chi connectivity index (χ3v) is 4.84. The zero-order chi connectivity index (χ0) is 13.4. The Kier molecular flexibility index (Phi) is 3.52. The first-order valence-corrected chi connectivity index (χ1v) is 7.67. The van der Waals surface area contributed by atoms with E-state index in [0.717, 1.165) is 17.4 Å². The number of halogens is 1. The summed E-state index contributed by atoms with van der Waals surface area (Å²) in [5.41, 5.74) is 3.20. The van der Waals surface area contributed by atoms with Gasteiger partial charge in [-0.25, -0.2) is 4.79 Å². The quantitative estimate of drug-likeness (QED) is 0.780. The highest BCUT2D eigenvalue weighted by atomic mass is 79.9. The Morgan fingerprint density at radius 1 is 1.37 bits per heavy atom. The molecule has 19 heavy (non-hydrogen) atoms. The van der Waals surface area contributed by atoms with Crippen LogP contribution in [0.3, 0.4) is 0 Å². The van der Waals surface area contributed by atoms with Gasteiger partial charge in [0.1, 0.15) is 0 Å². The number of carbonyl (C=O) groups excluding carboxylic acids is 1. The number of esters is 1. The molecule has 102 valence electrons. The number of carbonyl (C=O) groups is 1. The Labute approximate surface area is 122 Å². The molecule has 0 aromatic heterocycles. The zero-order valence-corrected chi connectivity index (χ0v) is 12.7. The number of anilines is 1. The van der Waals surface area contributed by atoms with Crippen LogP contribution < -0.4 is 4.90 Å². The molecule has 0 radical (unpaired) electrons. The van der Waals surface area contributed by atoms with Crippen LogP contribution in [0.25, 0.3) is 0 Å². The van der Waals surface area contributed by atoms with E-state index in [9.17, 15) is 4.79 Å². The van der Waals surface area contributed by atoms with Crippen LogP contribution in [-0.2, 0) is 11.2 Å². The van der Waals surface area contributed by atoms with Gasteiger partial charge >= 0.3 is 5.97 Å². The summed E-state index contributed by atoms with van der Waals surface area (Å²) in [6.07, 6.45) is 6.30. The van der Waals surface area contributed by atoms with Gasteiger partial charge < -0.3 is 9.64 Å². The molecule has 1 aliphatic carbocycles. The number of hydrogen-bond acceptors (Lipinski definition) is 3. The normalized spacial score (nSPS) is 18.7. The Morgan fingerprint density at radius 2 is 2.11 bits per heavy atom. The van der Waals surface area contributed by atoms with E-state index in [0.29, 0.717) is 11.6 Å². The van der Waals surface area contributed by atoms with Gasteiger partial charge in [0.05, 0.1) is 18.4 Å². The molecule has 0 bridgehead atoms. The van der Waals surface area contributed by atoms with Crippen molar-refractivity contribution in [2.45, 2.75) is 38.1 Å². The van der Waals surface area contributed by atoms with E-state index in [1.54, 1.807) is 0 Å². The van der Waals surface area contributed by atoms with Crippen LogP contribution in [-0.4, -0.2) is 25.7 Å². The largest absolute Gasteiger partial charge is 0.465 e. The lowest BCUT2D eigenvalue weighted by Crippen LogP contribution is -2.31. The van der Waals surface area contributed by atoms with Crippen molar-refractivity contribution in [1.29, 1.82) is 0 Å². The lowest BCUT2D eigenvalue weighted by atomic mass is 10.1. The average Bonchev–Trinajstić information content (AvgIpc) is 3.05. The van der Waals surface area contributed by atoms with Crippen molar-refractivity contribution < 1.29 is 9.53 Å². The smallest absolute Gasteiger partial charge is 0.337 e. The molecule has 2 aliphatic rings. The second-order valence-corrected chi connectivity index (χ2v) is 6.19. The van der Waals surface area contributed by atoms with Crippen LogP contribution in [0.2, 0.25) is 0 Å². The Balaban J connectivity index is 1.95. The molecule has 1 aromatic carbocycles. The molecule has 3 nitrogen and oxygen atoms in total. The maximum atomic E-state index is 11.6. The highest BCUT2D eigenvalue weighted by Crippen LogP contribution is 2.40. The molecule has 1 heterocycles. The number of rotatable bonds is 2. The van der Waals surface area contributed by atoms with Crippen molar-refractivity contribution in [2.24, 2.45) is 0 Å². The monoisotopic (exact) mass is 323 g/mol. The first kappa shape index (κ1) is 13.0. The van der Waals surface area contributed by atoms with E-state index in [4.69, 9.17) is 4.74 Å². The summed E-state index contributed by atoms with van der Waals surface area (Å²) in [6, 6.07) is 4.56. The summed E-state index contributed by atoms with van der Waals surface area (Å²) in [6.45, 7) is 1.07. The van der Waals surface area contributed by atoms with Gasteiger partial charge in [0.2, 0.25) is 0 Å². The number of benzene rings is 1. The maximum Gasteiger partial charge on any atom is 0.337 e. The van der Waals surface area contributed by atoms with Gasteiger partial charge in [-0.2, -0.15) is 0 Å². The van der Waals surface area contributed by atoms with Gasteiger partial charge in [-0.3, -0.25) is 0 Å². The Bertz CT molecular complexity index is 509. The van der Waals surface area contributed by atoms with Crippen LogP contribution >= 0.6 is 15.9 Å². The minimum atomic E-state index is -0.261. The van der Waals surface area contributed by atoms with Crippen molar-refractivity contribution >= 4 is 27.6 Å². The topological polar surface area (TPSA) is 29.5 Å². The van der Waals surface area contributed by atoms with E-state index in [1.807, 2.05) is 12.1 Å². The molecule has 1 aromatic rings. The Hall–Kier alpha value is -1.03. The number of methoxy groups -OCH3 is 1. The summed E-state index contributed by atoms with van der Waals surface area (Å²) >= 11 is 3.63. The molecular weight excluding hydrogens is 306 g/mol. The van der Waals surface area contributed by atoms with Crippen LogP contribution in [0.5, 0.6) is 0 Å². The summed E-state index contributed by atoms with van der Waals surface area (Å²) in [4.78, 5) is 14.2. The maximum absolute atomic E-state index is 11.6. The van der Waals surface area contributed by atoms with Gasteiger partial charge in [0, 0.05) is 17.1 Å². The molecule has 0 spiro atoms. The molecule has 1 aliphatic heterocycles. The first-order valence-electron chi connectivity index (χ1n) is 6.88. The second-order valence-electron chi connectivity index (χ2n) is 5.34. The van der Waals surface area contributed by atoms with Gasteiger partial charge in [0.15, 0.2) is 0 Å². The second kappa shape index (κ2) is 5.16. The van der Waals surface area contributed by atoms with Gasteiger partial charge in [-0.15, -0.1) is 0 Å². The molecule has 1 saturated carbocycles. The van der Waals surface area contributed by atoms with Crippen LogP contribution in [0, 0.1) is 0 Å². The van der Waals surface area contributed by atoms with Crippen LogP contribution in [0.15, 0.2) is 16.6 Å². The van der Waals surface area contributed by atoms with Crippen LogP contribution in [0.4, 0.5) is 5.69 Å². The molecule has 4 heteroatoms. The van der Waals surface area contributed by atoms with Crippen molar-refractivity contribution in [3.63, 3.8) is 0 Å². The molecule has 0 unspecified atom stereocenters. The van der Waals surface area contributed by atoms with E-state index < -0.39 is 0 Å². The molecule has 0 saturated heterocycles. The van der Waals surface area contributed by atoms with E-state index in [2.05, 4.69) is 20.8 Å². The number of hydrogen-bond donors (Lipinski definition) is 0. The van der Waals surface area contributed by atoms with E-state index in [-0.39, 0.29) is 5.97 Å². The molecule has 1 fully saturated rings. The van der Waals surface area contributed by atoms with Crippen molar-refractivity contribution in [3.05, 3.63) is 27.7 Å². The summed E-state index contributed by atoms with van der Waals surface area (Å²) < 4.78 is 5.83.